The lowest BCUT2D eigenvalue weighted by molar-refractivity contribution is -0.155. The zero-order chi connectivity index (χ0) is 14.3. The van der Waals surface area contributed by atoms with E-state index in [0.29, 0.717) is 10.7 Å². The molecule has 0 aliphatic heterocycles. The number of benzene rings is 1. The molecule has 0 spiro atoms. The van der Waals surface area contributed by atoms with Crippen LogP contribution in [-0.4, -0.2) is 31.2 Å². The number of hydrogen-bond donors (Lipinski definition) is 1. The average Bonchev–Trinajstić information content (AvgIpc) is 2.36. The number of rotatable bonds is 6. The molecule has 0 aromatic heterocycles. The maximum Gasteiger partial charge on any atom is 0.340 e. The van der Waals surface area contributed by atoms with Gasteiger partial charge in [0.15, 0.2) is 0 Å². The molecule has 0 aliphatic carbocycles. The van der Waals surface area contributed by atoms with Gasteiger partial charge in [-0.05, 0) is 32.0 Å². The fraction of sp³-hybridized carbons (Fsp3) is 0.385. The van der Waals surface area contributed by atoms with E-state index in [2.05, 4.69) is 5.32 Å². The molecule has 0 radical (unpaired) electrons. The van der Waals surface area contributed by atoms with Crippen molar-refractivity contribution in [2.75, 3.05) is 18.5 Å². The van der Waals surface area contributed by atoms with Gasteiger partial charge >= 0.3 is 11.9 Å². The van der Waals surface area contributed by atoms with Gasteiger partial charge in [0.05, 0.1) is 13.2 Å². The van der Waals surface area contributed by atoms with Crippen molar-refractivity contribution in [1.82, 2.24) is 0 Å². The monoisotopic (exact) mass is 285 g/mol. The molecule has 104 valence electrons. The maximum atomic E-state index is 11.7. The minimum Gasteiger partial charge on any atom is -0.464 e. The van der Waals surface area contributed by atoms with Crippen LogP contribution in [0.25, 0.3) is 0 Å². The molecule has 0 heterocycles. The number of ether oxygens (including phenoxy) is 2. The Balaban J connectivity index is 2.84. The Labute approximate surface area is 116 Å². The zero-order valence-corrected chi connectivity index (χ0v) is 11.6. The molecule has 1 aromatic carbocycles. The number of nitrogens with one attached hydrogen (secondary N) is 1. The minimum atomic E-state index is -1.20. The Kier molecular flexibility index (Phi) is 6.15. The second-order valence-electron chi connectivity index (χ2n) is 3.59. The molecule has 0 saturated carbocycles. The Morgan fingerprint density at radius 3 is 2.26 bits per heavy atom. The van der Waals surface area contributed by atoms with Crippen LogP contribution in [0.2, 0.25) is 5.02 Å². The zero-order valence-electron chi connectivity index (χ0n) is 10.8. The first kappa shape index (κ1) is 15.3. The van der Waals surface area contributed by atoms with E-state index in [1.165, 1.54) is 0 Å². The first-order chi connectivity index (χ1) is 9.08. The summed E-state index contributed by atoms with van der Waals surface area (Å²) in [6.45, 7) is 3.71. The largest absolute Gasteiger partial charge is 0.464 e. The summed E-state index contributed by atoms with van der Waals surface area (Å²) < 4.78 is 9.68. The van der Waals surface area contributed by atoms with E-state index in [4.69, 9.17) is 21.1 Å². The lowest BCUT2D eigenvalue weighted by Gasteiger charge is -2.16. The van der Waals surface area contributed by atoms with Crippen LogP contribution in [-0.2, 0) is 19.1 Å². The Morgan fingerprint density at radius 1 is 1.21 bits per heavy atom. The summed E-state index contributed by atoms with van der Waals surface area (Å²) in [5, 5.41) is 3.25. The third-order valence-electron chi connectivity index (χ3n) is 2.18. The predicted molar refractivity (Wildman–Crippen MR) is 72.1 cm³/mol. The predicted octanol–water partition coefficient (Wildman–Crippen LogP) is 2.25. The summed E-state index contributed by atoms with van der Waals surface area (Å²) in [4.78, 5) is 23.5. The van der Waals surface area contributed by atoms with Crippen molar-refractivity contribution in [3.63, 3.8) is 0 Å². The molecule has 6 heteroatoms. The maximum absolute atomic E-state index is 11.7. The number of esters is 2. The van der Waals surface area contributed by atoms with Gasteiger partial charge in [-0.3, -0.25) is 0 Å². The molecule has 0 atom stereocenters. The number of anilines is 1. The van der Waals surface area contributed by atoms with Crippen molar-refractivity contribution in [3.8, 4) is 0 Å². The van der Waals surface area contributed by atoms with Gasteiger partial charge in [0.2, 0.25) is 6.04 Å². The second kappa shape index (κ2) is 7.63. The molecule has 0 bridgehead atoms. The highest BCUT2D eigenvalue weighted by Gasteiger charge is 2.29. The topological polar surface area (TPSA) is 64.6 Å². The van der Waals surface area contributed by atoms with Crippen LogP contribution in [0, 0.1) is 0 Å². The van der Waals surface area contributed by atoms with E-state index in [1.807, 2.05) is 0 Å². The SMILES string of the molecule is CCOC(=O)C(Nc1cccc(Cl)c1)C(=O)OCC. The van der Waals surface area contributed by atoms with Crippen LogP contribution in [0.3, 0.4) is 0 Å². The van der Waals surface area contributed by atoms with E-state index >= 15 is 0 Å². The number of carbonyl (C=O) groups excluding carboxylic acids is 2. The van der Waals surface area contributed by atoms with Gasteiger partial charge in [0, 0.05) is 10.7 Å². The molecule has 1 aromatic rings. The van der Waals surface area contributed by atoms with E-state index in [0.717, 1.165) is 0 Å². The lowest BCUT2D eigenvalue weighted by Crippen LogP contribution is -2.40. The van der Waals surface area contributed by atoms with Gasteiger partial charge in [-0.15, -0.1) is 0 Å². The Morgan fingerprint density at radius 2 is 1.79 bits per heavy atom. The van der Waals surface area contributed by atoms with Gasteiger partial charge in [0.1, 0.15) is 0 Å². The van der Waals surface area contributed by atoms with Gasteiger partial charge in [-0.1, -0.05) is 17.7 Å². The summed E-state index contributed by atoms with van der Waals surface area (Å²) in [5.41, 5.74) is 0.540. The molecule has 1 rings (SSSR count). The van der Waals surface area contributed by atoms with E-state index in [9.17, 15) is 9.59 Å². The standard InChI is InChI=1S/C13H16ClNO4/c1-3-18-12(16)11(13(17)19-4-2)15-10-7-5-6-9(14)8-10/h5-8,11,15H,3-4H2,1-2H3. The van der Waals surface area contributed by atoms with Crippen LogP contribution < -0.4 is 5.32 Å². The summed E-state index contributed by atoms with van der Waals surface area (Å²) in [6.07, 6.45) is 0. The molecule has 0 saturated heterocycles. The van der Waals surface area contributed by atoms with Crippen LogP contribution in [0.4, 0.5) is 5.69 Å². The van der Waals surface area contributed by atoms with Gasteiger partial charge in [0.25, 0.3) is 0 Å². The normalized spacial score (nSPS) is 10.1. The average molecular weight is 286 g/mol. The van der Waals surface area contributed by atoms with Crippen molar-refractivity contribution in [1.29, 1.82) is 0 Å². The third-order valence-corrected chi connectivity index (χ3v) is 2.42. The lowest BCUT2D eigenvalue weighted by atomic mass is 10.2. The first-order valence-corrected chi connectivity index (χ1v) is 6.31. The number of carbonyl (C=O) groups is 2. The highest BCUT2D eigenvalue weighted by Crippen LogP contribution is 2.16. The Hall–Kier alpha value is -1.75. The molecule has 19 heavy (non-hydrogen) atoms. The van der Waals surface area contributed by atoms with Gasteiger partial charge < -0.3 is 14.8 Å². The smallest absolute Gasteiger partial charge is 0.340 e. The van der Waals surface area contributed by atoms with Crippen LogP contribution in [0.15, 0.2) is 24.3 Å². The number of halogens is 1. The molecular formula is C13H16ClNO4. The van der Waals surface area contributed by atoms with Gasteiger partial charge in [-0.2, -0.15) is 0 Å². The van der Waals surface area contributed by atoms with Gasteiger partial charge in [-0.25, -0.2) is 9.59 Å². The second-order valence-corrected chi connectivity index (χ2v) is 4.03. The first-order valence-electron chi connectivity index (χ1n) is 5.93. The highest BCUT2D eigenvalue weighted by molar-refractivity contribution is 6.30. The highest BCUT2D eigenvalue weighted by atomic mass is 35.5. The van der Waals surface area contributed by atoms with E-state index < -0.39 is 18.0 Å². The fourth-order valence-corrected chi connectivity index (χ4v) is 1.60. The summed E-state index contributed by atoms with van der Waals surface area (Å²) in [6, 6.07) is 5.50. The van der Waals surface area contributed by atoms with E-state index in [-0.39, 0.29) is 13.2 Å². The molecule has 0 fully saturated rings. The molecule has 0 amide bonds. The summed E-state index contributed by atoms with van der Waals surface area (Å²) in [5.74, 6) is -1.36. The molecule has 0 unspecified atom stereocenters. The third kappa shape index (κ3) is 4.79. The van der Waals surface area contributed by atoms with Crippen LogP contribution >= 0.6 is 11.6 Å². The molecule has 5 nitrogen and oxygen atoms in total. The van der Waals surface area contributed by atoms with Crippen molar-refractivity contribution < 1.29 is 19.1 Å². The van der Waals surface area contributed by atoms with Crippen LogP contribution in [0.5, 0.6) is 0 Å². The fourth-order valence-electron chi connectivity index (χ4n) is 1.41. The molecular weight excluding hydrogens is 270 g/mol. The van der Waals surface area contributed by atoms with Crippen molar-refractivity contribution in [2.24, 2.45) is 0 Å². The number of hydrogen-bond acceptors (Lipinski definition) is 5. The molecule has 0 aliphatic rings. The Bertz CT molecular complexity index is 432. The quantitative estimate of drug-likeness (QED) is 0.641. The van der Waals surface area contributed by atoms with E-state index in [1.54, 1.807) is 38.1 Å². The van der Waals surface area contributed by atoms with Crippen molar-refractivity contribution in [3.05, 3.63) is 29.3 Å². The summed E-state index contributed by atoms with van der Waals surface area (Å²) >= 11 is 5.84. The van der Waals surface area contributed by atoms with Crippen molar-refractivity contribution in [2.45, 2.75) is 19.9 Å². The van der Waals surface area contributed by atoms with Crippen LogP contribution in [0.1, 0.15) is 13.8 Å². The van der Waals surface area contributed by atoms with Crippen molar-refractivity contribution >= 4 is 29.2 Å². The summed E-state index contributed by atoms with van der Waals surface area (Å²) in [7, 11) is 0. The molecule has 1 N–H and O–H groups in total. The minimum absolute atomic E-state index is 0.186.